The molecule has 8 nitrogen and oxygen atoms in total. The van der Waals surface area contributed by atoms with Gasteiger partial charge in [-0.3, -0.25) is 0 Å². The number of nitrogens with zero attached hydrogens (tertiary/aromatic N) is 2. The highest BCUT2D eigenvalue weighted by molar-refractivity contribution is 6.03. The molecular formula is C24H26N2O6. The standard InChI is InChI=1S/C24H26N2O6/c1-12(2)10-11-14-6-4-8-16-18(14)25-17-9-5-7-15(19(17)26-16)23(30)32-24-22(29)21(28)20(27)13(3)31-24/h4-10,13,20-22,24,27-29H,11H2,1-3H3. The maximum atomic E-state index is 12.9. The van der Waals surface area contributed by atoms with Crippen LogP contribution < -0.4 is 0 Å². The second kappa shape index (κ2) is 8.91. The van der Waals surface area contributed by atoms with Crippen LogP contribution in [0.5, 0.6) is 0 Å². The summed E-state index contributed by atoms with van der Waals surface area (Å²) in [6, 6.07) is 10.7. The van der Waals surface area contributed by atoms with E-state index < -0.39 is 36.7 Å². The van der Waals surface area contributed by atoms with E-state index in [9.17, 15) is 20.1 Å². The predicted octanol–water partition coefficient (Wildman–Crippen LogP) is 2.28. The first-order valence-electron chi connectivity index (χ1n) is 10.5. The Morgan fingerprint density at radius 2 is 1.66 bits per heavy atom. The fourth-order valence-electron chi connectivity index (χ4n) is 3.70. The van der Waals surface area contributed by atoms with Crippen LogP contribution in [0.2, 0.25) is 0 Å². The summed E-state index contributed by atoms with van der Waals surface area (Å²) in [4.78, 5) is 22.3. The molecule has 0 radical (unpaired) electrons. The number of para-hydroxylation sites is 2. The number of allylic oxidation sites excluding steroid dienone is 2. The summed E-state index contributed by atoms with van der Waals surface area (Å²) in [5.41, 5.74) is 4.72. The van der Waals surface area contributed by atoms with Crippen LogP contribution in [-0.2, 0) is 15.9 Å². The molecule has 168 valence electrons. The van der Waals surface area contributed by atoms with Crippen molar-refractivity contribution in [3.8, 4) is 0 Å². The van der Waals surface area contributed by atoms with Crippen molar-refractivity contribution in [1.82, 2.24) is 9.97 Å². The van der Waals surface area contributed by atoms with Gasteiger partial charge in [-0.25, -0.2) is 14.8 Å². The predicted molar refractivity (Wildman–Crippen MR) is 118 cm³/mol. The summed E-state index contributed by atoms with van der Waals surface area (Å²) in [5, 5.41) is 29.9. The number of esters is 1. The SMILES string of the molecule is CC(C)=CCc1cccc2nc3c(C(=O)OC4OC(C)C(O)C(O)C4O)cccc3nc12. The number of rotatable bonds is 4. The van der Waals surface area contributed by atoms with E-state index in [1.807, 2.05) is 32.0 Å². The number of aliphatic hydroxyl groups is 3. The Kier molecular flexibility index (Phi) is 6.21. The van der Waals surface area contributed by atoms with E-state index in [4.69, 9.17) is 14.5 Å². The van der Waals surface area contributed by atoms with E-state index in [0.29, 0.717) is 16.6 Å². The molecule has 5 atom stereocenters. The van der Waals surface area contributed by atoms with Crippen molar-refractivity contribution >= 4 is 28.0 Å². The molecule has 2 heterocycles. The zero-order valence-corrected chi connectivity index (χ0v) is 18.1. The van der Waals surface area contributed by atoms with Crippen molar-refractivity contribution in [2.24, 2.45) is 0 Å². The molecule has 0 bridgehead atoms. The Labute approximate surface area is 185 Å². The number of fused-ring (bicyclic) bond motifs is 2. The van der Waals surface area contributed by atoms with Crippen molar-refractivity contribution in [3.05, 3.63) is 59.2 Å². The Morgan fingerprint density at radius 1 is 1.00 bits per heavy atom. The van der Waals surface area contributed by atoms with Crippen LogP contribution in [0.1, 0.15) is 36.7 Å². The quantitative estimate of drug-likeness (QED) is 0.322. The normalized spacial score (nSPS) is 25.6. The van der Waals surface area contributed by atoms with E-state index in [1.165, 1.54) is 12.5 Å². The molecule has 3 N–H and O–H groups in total. The molecule has 4 rings (SSSR count). The van der Waals surface area contributed by atoms with Crippen LogP contribution in [0.25, 0.3) is 22.1 Å². The molecule has 2 aromatic carbocycles. The van der Waals surface area contributed by atoms with Gasteiger partial charge in [0, 0.05) is 0 Å². The van der Waals surface area contributed by atoms with Crippen molar-refractivity contribution in [2.75, 3.05) is 0 Å². The minimum atomic E-state index is -1.58. The van der Waals surface area contributed by atoms with E-state index in [2.05, 4.69) is 11.1 Å². The van der Waals surface area contributed by atoms with E-state index in [0.717, 1.165) is 17.5 Å². The molecular weight excluding hydrogens is 412 g/mol. The maximum absolute atomic E-state index is 12.9. The molecule has 1 saturated heterocycles. The number of aromatic nitrogens is 2. The number of carbonyl (C=O) groups excluding carboxylic acids is 1. The lowest BCUT2D eigenvalue weighted by molar-refractivity contribution is -0.276. The maximum Gasteiger partial charge on any atom is 0.342 e. The molecule has 1 fully saturated rings. The molecule has 0 aliphatic carbocycles. The second-order valence-corrected chi connectivity index (χ2v) is 8.25. The lowest BCUT2D eigenvalue weighted by atomic mass is 10.00. The van der Waals surface area contributed by atoms with Crippen molar-refractivity contribution in [1.29, 1.82) is 0 Å². The van der Waals surface area contributed by atoms with E-state index in [1.54, 1.807) is 18.2 Å². The van der Waals surface area contributed by atoms with Crippen LogP contribution in [0.15, 0.2) is 48.0 Å². The van der Waals surface area contributed by atoms with Gasteiger partial charge in [0.05, 0.1) is 28.2 Å². The Morgan fingerprint density at radius 3 is 2.38 bits per heavy atom. The molecule has 1 aromatic heterocycles. The van der Waals surface area contributed by atoms with Gasteiger partial charge >= 0.3 is 5.97 Å². The third-order valence-corrected chi connectivity index (χ3v) is 5.56. The molecule has 0 saturated carbocycles. The molecule has 32 heavy (non-hydrogen) atoms. The zero-order valence-electron chi connectivity index (χ0n) is 18.1. The van der Waals surface area contributed by atoms with Gasteiger partial charge in [0.25, 0.3) is 0 Å². The first-order valence-corrected chi connectivity index (χ1v) is 10.5. The Bertz CT molecular complexity index is 1190. The Hall–Kier alpha value is -2.91. The third kappa shape index (κ3) is 4.22. The summed E-state index contributed by atoms with van der Waals surface area (Å²) in [5.74, 6) is -0.773. The van der Waals surface area contributed by atoms with Gasteiger partial charge < -0.3 is 24.8 Å². The zero-order chi connectivity index (χ0) is 23.0. The van der Waals surface area contributed by atoms with Gasteiger partial charge in [-0.05, 0) is 51.0 Å². The van der Waals surface area contributed by atoms with Crippen LogP contribution >= 0.6 is 0 Å². The first-order chi connectivity index (χ1) is 15.3. The van der Waals surface area contributed by atoms with Crippen LogP contribution in [0, 0.1) is 0 Å². The third-order valence-electron chi connectivity index (χ3n) is 5.56. The van der Waals surface area contributed by atoms with Crippen molar-refractivity contribution in [3.63, 3.8) is 0 Å². The van der Waals surface area contributed by atoms with Crippen LogP contribution in [0.3, 0.4) is 0 Å². The number of ether oxygens (including phenoxy) is 2. The topological polar surface area (TPSA) is 122 Å². The van der Waals surface area contributed by atoms with E-state index >= 15 is 0 Å². The minimum Gasteiger partial charge on any atom is -0.429 e. The number of carbonyl (C=O) groups is 1. The number of hydrogen-bond acceptors (Lipinski definition) is 8. The van der Waals surface area contributed by atoms with Crippen LogP contribution in [0.4, 0.5) is 0 Å². The van der Waals surface area contributed by atoms with Crippen molar-refractivity contribution < 1.29 is 29.6 Å². The smallest absolute Gasteiger partial charge is 0.342 e. The van der Waals surface area contributed by atoms with Gasteiger partial charge in [0.15, 0.2) is 0 Å². The molecule has 0 amide bonds. The van der Waals surface area contributed by atoms with Gasteiger partial charge in [-0.1, -0.05) is 29.8 Å². The first kappa shape index (κ1) is 22.3. The number of benzene rings is 2. The Balaban J connectivity index is 1.69. The monoisotopic (exact) mass is 438 g/mol. The van der Waals surface area contributed by atoms with Gasteiger partial charge in [-0.2, -0.15) is 0 Å². The summed E-state index contributed by atoms with van der Waals surface area (Å²) in [6.45, 7) is 5.60. The van der Waals surface area contributed by atoms with Crippen LogP contribution in [-0.4, -0.2) is 62.0 Å². The minimum absolute atomic E-state index is 0.163. The van der Waals surface area contributed by atoms with Gasteiger partial charge in [-0.15, -0.1) is 0 Å². The summed E-state index contributed by atoms with van der Waals surface area (Å²) >= 11 is 0. The number of hydrogen-bond donors (Lipinski definition) is 3. The lowest BCUT2D eigenvalue weighted by Crippen LogP contribution is -2.57. The average Bonchev–Trinajstić information content (AvgIpc) is 2.77. The highest BCUT2D eigenvalue weighted by atomic mass is 16.7. The molecule has 1 aliphatic rings. The lowest BCUT2D eigenvalue weighted by Gasteiger charge is -2.38. The second-order valence-electron chi connectivity index (χ2n) is 8.25. The summed E-state index contributed by atoms with van der Waals surface area (Å²) in [6.07, 6.45) is -3.75. The average molecular weight is 438 g/mol. The highest BCUT2D eigenvalue weighted by Gasteiger charge is 2.44. The largest absolute Gasteiger partial charge is 0.429 e. The molecule has 5 unspecified atom stereocenters. The molecule has 8 heteroatoms. The number of aliphatic hydroxyl groups excluding tert-OH is 3. The van der Waals surface area contributed by atoms with Gasteiger partial charge in [0.1, 0.15) is 23.8 Å². The van der Waals surface area contributed by atoms with Gasteiger partial charge in [0.2, 0.25) is 6.29 Å². The molecule has 1 aliphatic heterocycles. The summed E-state index contributed by atoms with van der Waals surface area (Å²) in [7, 11) is 0. The fourth-order valence-corrected chi connectivity index (χ4v) is 3.70. The van der Waals surface area contributed by atoms with Crippen molar-refractivity contribution in [2.45, 2.75) is 57.9 Å². The summed E-state index contributed by atoms with van der Waals surface area (Å²) < 4.78 is 10.7. The fraction of sp³-hybridized carbons (Fsp3) is 0.375. The highest BCUT2D eigenvalue weighted by Crippen LogP contribution is 2.26. The van der Waals surface area contributed by atoms with E-state index in [-0.39, 0.29) is 5.56 Å². The molecule has 3 aromatic rings. The molecule has 0 spiro atoms.